The Bertz CT molecular complexity index is 659. The van der Waals surface area contributed by atoms with E-state index in [1.807, 2.05) is 43.3 Å². The van der Waals surface area contributed by atoms with Crippen molar-refractivity contribution in [3.8, 4) is 5.75 Å². The first kappa shape index (κ1) is 17.5. The molecular weight excluding hydrogens is 356 g/mol. The summed E-state index contributed by atoms with van der Waals surface area (Å²) >= 11 is 3.49. The molecule has 1 atom stereocenters. The monoisotopic (exact) mass is 376 g/mol. The maximum absolute atomic E-state index is 12.1. The molecule has 0 bridgehead atoms. The Morgan fingerprint density at radius 2 is 2.04 bits per heavy atom. The van der Waals surface area contributed by atoms with Crippen molar-refractivity contribution in [2.75, 3.05) is 6.54 Å². The lowest BCUT2D eigenvalue weighted by molar-refractivity contribution is 0.0952. The highest BCUT2D eigenvalue weighted by Gasteiger charge is 2.07. The Morgan fingerprint density at radius 3 is 2.78 bits per heavy atom. The summed E-state index contributed by atoms with van der Waals surface area (Å²) < 4.78 is 6.78. The maximum atomic E-state index is 12.1. The summed E-state index contributed by atoms with van der Waals surface area (Å²) in [5, 5.41) is 2.86. The second kappa shape index (κ2) is 8.70. The summed E-state index contributed by atoms with van der Waals surface area (Å²) in [5.74, 6) is 0.553. The van der Waals surface area contributed by atoms with Crippen LogP contribution in [-0.4, -0.2) is 18.5 Å². The first-order valence-electron chi connectivity index (χ1n) is 7.56. The van der Waals surface area contributed by atoms with Gasteiger partial charge in [0.25, 0.3) is 5.91 Å². The molecule has 2 rings (SSSR count). The maximum Gasteiger partial charge on any atom is 0.251 e. The van der Waals surface area contributed by atoms with Crippen LogP contribution in [0.3, 0.4) is 0 Å². The molecular formula is C18H21BrN2O2. The van der Waals surface area contributed by atoms with Crippen molar-refractivity contribution in [3.05, 3.63) is 64.1 Å². The van der Waals surface area contributed by atoms with Crippen molar-refractivity contribution in [2.45, 2.75) is 26.0 Å². The van der Waals surface area contributed by atoms with Gasteiger partial charge in [0.15, 0.2) is 0 Å². The predicted molar refractivity (Wildman–Crippen MR) is 95.5 cm³/mol. The topological polar surface area (TPSA) is 64.3 Å². The molecule has 122 valence electrons. The molecule has 3 N–H and O–H groups in total. The molecule has 1 unspecified atom stereocenters. The van der Waals surface area contributed by atoms with Crippen molar-refractivity contribution in [1.29, 1.82) is 0 Å². The molecule has 4 nitrogen and oxygen atoms in total. The lowest BCUT2D eigenvalue weighted by Gasteiger charge is -2.10. The van der Waals surface area contributed by atoms with E-state index in [4.69, 9.17) is 10.5 Å². The molecule has 0 radical (unpaired) electrons. The summed E-state index contributed by atoms with van der Waals surface area (Å²) in [6, 6.07) is 15.1. The van der Waals surface area contributed by atoms with Gasteiger partial charge < -0.3 is 15.8 Å². The Kier molecular flexibility index (Phi) is 6.62. The van der Waals surface area contributed by atoms with E-state index in [-0.39, 0.29) is 11.9 Å². The molecule has 1 amide bonds. The fourth-order valence-electron chi connectivity index (χ4n) is 2.02. The van der Waals surface area contributed by atoms with Crippen LogP contribution in [-0.2, 0) is 6.61 Å². The predicted octanol–water partition coefficient (Wildman–Crippen LogP) is 3.50. The van der Waals surface area contributed by atoms with Gasteiger partial charge in [0.1, 0.15) is 12.4 Å². The molecule has 2 aromatic carbocycles. The van der Waals surface area contributed by atoms with Gasteiger partial charge in [0.2, 0.25) is 0 Å². The molecule has 0 aliphatic heterocycles. The zero-order valence-electron chi connectivity index (χ0n) is 13.1. The van der Waals surface area contributed by atoms with E-state index >= 15 is 0 Å². The molecule has 0 saturated heterocycles. The summed E-state index contributed by atoms with van der Waals surface area (Å²) in [6.45, 7) is 2.93. The third-order valence-corrected chi connectivity index (χ3v) is 4.11. The Balaban J connectivity index is 1.94. The lowest BCUT2D eigenvalue weighted by Crippen LogP contribution is -2.28. The van der Waals surface area contributed by atoms with Crippen molar-refractivity contribution >= 4 is 21.8 Å². The highest BCUT2D eigenvalue weighted by Crippen LogP contribution is 2.19. The van der Waals surface area contributed by atoms with E-state index in [0.717, 1.165) is 16.5 Å². The normalized spacial score (nSPS) is 11.8. The van der Waals surface area contributed by atoms with Gasteiger partial charge in [-0.3, -0.25) is 4.79 Å². The number of nitrogens with one attached hydrogen (secondary N) is 1. The van der Waals surface area contributed by atoms with Gasteiger partial charge in [0, 0.05) is 28.2 Å². The van der Waals surface area contributed by atoms with Crippen molar-refractivity contribution < 1.29 is 9.53 Å². The molecule has 23 heavy (non-hydrogen) atoms. The van der Waals surface area contributed by atoms with Crippen LogP contribution in [0, 0.1) is 0 Å². The second-order valence-corrected chi connectivity index (χ2v) is 6.28. The van der Waals surface area contributed by atoms with Crippen molar-refractivity contribution in [2.24, 2.45) is 5.73 Å². The Hall–Kier alpha value is -1.85. The van der Waals surface area contributed by atoms with Gasteiger partial charge in [-0.25, -0.2) is 0 Å². The Labute approximate surface area is 145 Å². The molecule has 0 fully saturated rings. The smallest absolute Gasteiger partial charge is 0.251 e. The highest BCUT2D eigenvalue weighted by molar-refractivity contribution is 9.10. The van der Waals surface area contributed by atoms with Crippen LogP contribution >= 0.6 is 15.9 Å². The Morgan fingerprint density at radius 1 is 1.26 bits per heavy atom. The van der Waals surface area contributed by atoms with Crippen LogP contribution in [0.2, 0.25) is 0 Å². The zero-order valence-corrected chi connectivity index (χ0v) is 14.7. The standard InChI is InChI=1S/C18H21BrN2O2/c1-13(20)9-10-21-18(22)14-6-4-7-16(11-14)23-12-15-5-2-3-8-17(15)19/h2-8,11,13H,9-10,12,20H2,1H3,(H,21,22). The van der Waals surface area contributed by atoms with Crippen molar-refractivity contribution in [3.63, 3.8) is 0 Å². The third kappa shape index (κ3) is 5.69. The van der Waals surface area contributed by atoms with Gasteiger partial charge >= 0.3 is 0 Å². The minimum atomic E-state index is -0.114. The summed E-state index contributed by atoms with van der Waals surface area (Å²) in [4.78, 5) is 12.1. The van der Waals surface area contributed by atoms with Crippen LogP contribution in [0.25, 0.3) is 0 Å². The molecule has 0 aliphatic rings. The lowest BCUT2D eigenvalue weighted by atomic mass is 10.2. The van der Waals surface area contributed by atoms with Crippen LogP contribution in [0.15, 0.2) is 53.0 Å². The molecule has 5 heteroatoms. The minimum Gasteiger partial charge on any atom is -0.489 e. The number of ether oxygens (including phenoxy) is 1. The fraction of sp³-hybridized carbons (Fsp3) is 0.278. The SMILES string of the molecule is CC(N)CCNC(=O)c1cccc(OCc2ccccc2Br)c1. The first-order chi connectivity index (χ1) is 11.1. The van der Waals surface area contributed by atoms with Gasteiger partial charge in [-0.05, 0) is 37.6 Å². The molecule has 0 aliphatic carbocycles. The number of hydrogen-bond donors (Lipinski definition) is 2. The molecule has 0 spiro atoms. The quantitative estimate of drug-likeness (QED) is 0.776. The van der Waals surface area contributed by atoms with Gasteiger partial charge in [-0.15, -0.1) is 0 Å². The van der Waals surface area contributed by atoms with E-state index in [1.54, 1.807) is 12.1 Å². The first-order valence-corrected chi connectivity index (χ1v) is 8.35. The fourth-order valence-corrected chi connectivity index (χ4v) is 2.42. The van der Waals surface area contributed by atoms with Gasteiger partial charge in [-0.1, -0.05) is 40.2 Å². The summed E-state index contributed by atoms with van der Waals surface area (Å²) in [7, 11) is 0. The zero-order chi connectivity index (χ0) is 16.7. The van der Waals surface area contributed by atoms with Gasteiger partial charge in [-0.2, -0.15) is 0 Å². The summed E-state index contributed by atoms with van der Waals surface area (Å²) in [6.07, 6.45) is 0.754. The van der Waals surface area contributed by atoms with Gasteiger partial charge in [0.05, 0.1) is 0 Å². The van der Waals surface area contributed by atoms with Crippen molar-refractivity contribution in [1.82, 2.24) is 5.32 Å². The van der Waals surface area contributed by atoms with Crippen LogP contribution in [0.4, 0.5) is 0 Å². The highest BCUT2D eigenvalue weighted by atomic mass is 79.9. The molecule has 0 heterocycles. The number of nitrogens with two attached hydrogens (primary N) is 1. The summed E-state index contributed by atoms with van der Waals surface area (Å²) in [5.41, 5.74) is 7.31. The largest absolute Gasteiger partial charge is 0.489 e. The van der Waals surface area contributed by atoms with E-state index in [9.17, 15) is 4.79 Å². The van der Waals surface area contributed by atoms with E-state index in [1.165, 1.54) is 0 Å². The average Bonchev–Trinajstić information content (AvgIpc) is 2.54. The van der Waals surface area contributed by atoms with E-state index in [0.29, 0.717) is 24.5 Å². The number of rotatable bonds is 7. The number of halogens is 1. The van der Waals surface area contributed by atoms with Crippen LogP contribution < -0.4 is 15.8 Å². The number of benzene rings is 2. The molecule has 2 aromatic rings. The number of carbonyl (C=O) groups excluding carboxylic acids is 1. The molecule has 0 saturated carbocycles. The minimum absolute atomic E-state index is 0.0780. The second-order valence-electron chi connectivity index (χ2n) is 5.43. The van der Waals surface area contributed by atoms with Crippen LogP contribution in [0.1, 0.15) is 29.3 Å². The number of amides is 1. The average molecular weight is 377 g/mol. The van der Waals surface area contributed by atoms with E-state index < -0.39 is 0 Å². The number of carbonyl (C=O) groups is 1. The van der Waals surface area contributed by atoms with E-state index in [2.05, 4.69) is 21.2 Å². The third-order valence-electron chi connectivity index (χ3n) is 3.33. The number of hydrogen-bond acceptors (Lipinski definition) is 3. The van der Waals surface area contributed by atoms with Crippen LogP contribution in [0.5, 0.6) is 5.75 Å². The molecule has 0 aromatic heterocycles.